The molecule has 2 aromatic rings. The van der Waals surface area contributed by atoms with Gasteiger partial charge in [-0.05, 0) is 40.5 Å². The van der Waals surface area contributed by atoms with Gasteiger partial charge < -0.3 is 5.32 Å². The Morgan fingerprint density at radius 1 is 1.16 bits per heavy atom. The monoisotopic (exact) mass is 383 g/mol. The lowest BCUT2D eigenvalue weighted by atomic mass is 10.2. The summed E-state index contributed by atoms with van der Waals surface area (Å²) in [4.78, 5) is 8.90. The molecule has 0 saturated carbocycles. The first-order valence-electron chi connectivity index (χ1n) is 6.04. The van der Waals surface area contributed by atoms with Crippen LogP contribution in [-0.2, 0) is 0 Å². The van der Waals surface area contributed by atoms with Crippen LogP contribution in [-0.4, -0.2) is 9.97 Å². The Morgan fingerprint density at radius 3 is 2.58 bits per heavy atom. The van der Waals surface area contributed by atoms with Crippen LogP contribution >= 0.6 is 31.9 Å². The maximum Gasteiger partial charge on any atom is 0.135 e. The first kappa shape index (κ1) is 14.5. The highest BCUT2D eigenvalue weighted by Gasteiger charge is 2.08. The van der Waals surface area contributed by atoms with E-state index in [0.29, 0.717) is 5.92 Å². The molecule has 1 aromatic heterocycles. The third-order valence-electron chi connectivity index (χ3n) is 2.76. The second kappa shape index (κ2) is 6.01. The van der Waals surface area contributed by atoms with Crippen LogP contribution in [0, 0.1) is 6.92 Å². The van der Waals surface area contributed by atoms with Gasteiger partial charge in [0.25, 0.3) is 0 Å². The highest BCUT2D eigenvalue weighted by atomic mass is 79.9. The molecule has 0 aliphatic rings. The molecule has 0 aliphatic heterocycles. The van der Waals surface area contributed by atoms with Gasteiger partial charge in [-0.1, -0.05) is 35.8 Å². The van der Waals surface area contributed by atoms with Crippen LogP contribution in [0.4, 0.5) is 11.5 Å². The second-order valence-electron chi connectivity index (χ2n) is 4.63. The minimum atomic E-state index is 0.293. The third kappa shape index (κ3) is 3.54. The van der Waals surface area contributed by atoms with Crippen molar-refractivity contribution in [1.29, 1.82) is 0 Å². The molecule has 0 fully saturated rings. The molecule has 0 atom stereocenters. The topological polar surface area (TPSA) is 37.8 Å². The summed E-state index contributed by atoms with van der Waals surface area (Å²) < 4.78 is 1.87. The molecule has 0 aliphatic carbocycles. The van der Waals surface area contributed by atoms with Crippen molar-refractivity contribution >= 4 is 43.4 Å². The number of nitrogens with zero attached hydrogens (tertiary/aromatic N) is 2. The van der Waals surface area contributed by atoms with E-state index >= 15 is 0 Å². The highest BCUT2D eigenvalue weighted by molar-refractivity contribution is 9.10. The average Bonchev–Trinajstić information content (AvgIpc) is 2.34. The Bertz CT molecular complexity index is 597. The zero-order chi connectivity index (χ0) is 14.0. The first-order valence-corrected chi connectivity index (χ1v) is 7.62. The lowest BCUT2D eigenvalue weighted by Crippen LogP contribution is -2.03. The summed E-state index contributed by atoms with van der Waals surface area (Å²) >= 11 is 6.96. The molecule has 1 aromatic carbocycles. The molecule has 1 N–H and O–H groups in total. The fraction of sp³-hybridized carbons (Fsp3) is 0.286. The molecule has 1 heterocycles. The minimum Gasteiger partial charge on any atom is -0.340 e. The van der Waals surface area contributed by atoms with Gasteiger partial charge >= 0.3 is 0 Å². The normalized spacial score (nSPS) is 10.8. The maximum atomic E-state index is 4.53. The van der Waals surface area contributed by atoms with Crippen molar-refractivity contribution in [2.45, 2.75) is 26.7 Å². The van der Waals surface area contributed by atoms with E-state index in [9.17, 15) is 0 Å². The van der Waals surface area contributed by atoms with Crippen LogP contribution in [0.5, 0.6) is 0 Å². The lowest BCUT2D eigenvalue weighted by molar-refractivity contribution is 0.771. The summed E-state index contributed by atoms with van der Waals surface area (Å²) in [6, 6.07) is 7.94. The van der Waals surface area contributed by atoms with Crippen molar-refractivity contribution in [3.8, 4) is 0 Å². The number of benzene rings is 1. The van der Waals surface area contributed by atoms with Gasteiger partial charge in [0.1, 0.15) is 16.2 Å². The summed E-state index contributed by atoms with van der Waals surface area (Å²) in [7, 11) is 0. The van der Waals surface area contributed by atoms with Gasteiger partial charge in [0.15, 0.2) is 0 Å². The average molecular weight is 385 g/mol. The van der Waals surface area contributed by atoms with E-state index in [-0.39, 0.29) is 0 Å². The van der Waals surface area contributed by atoms with Gasteiger partial charge in [0.2, 0.25) is 0 Å². The van der Waals surface area contributed by atoms with Crippen molar-refractivity contribution in [3.05, 3.63) is 44.7 Å². The highest BCUT2D eigenvalue weighted by Crippen LogP contribution is 2.27. The van der Waals surface area contributed by atoms with E-state index in [0.717, 1.165) is 32.0 Å². The fourth-order valence-electron chi connectivity index (χ4n) is 1.64. The Hall–Kier alpha value is -0.940. The van der Waals surface area contributed by atoms with Crippen molar-refractivity contribution in [2.24, 2.45) is 0 Å². The Kier molecular flexibility index (Phi) is 4.58. The molecule has 0 radical (unpaired) electrons. The number of halogens is 2. The quantitative estimate of drug-likeness (QED) is 0.741. The smallest absolute Gasteiger partial charge is 0.135 e. The second-order valence-corrected chi connectivity index (χ2v) is 6.29. The predicted octanol–water partition coefficient (Wildman–Crippen LogP) is 5.18. The lowest BCUT2D eigenvalue weighted by Gasteiger charge is -2.12. The number of aromatic nitrogens is 2. The van der Waals surface area contributed by atoms with Crippen LogP contribution in [0.3, 0.4) is 0 Å². The molecular formula is C14H15Br2N3. The third-order valence-corrected chi connectivity index (χ3v) is 4.02. The molecule has 0 saturated heterocycles. The summed E-state index contributed by atoms with van der Waals surface area (Å²) in [5.74, 6) is 1.91. The van der Waals surface area contributed by atoms with E-state index in [1.807, 2.05) is 24.3 Å². The van der Waals surface area contributed by atoms with E-state index < -0.39 is 0 Å². The van der Waals surface area contributed by atoms with Gasteiger partial charge in [-0.2, -0.15) is 0 Å². The Morgan fingerprint density at radius 2 is 1.89 bits per heavy atom. The predicted molar refractivity (Wildman–Crippen MR) is 86.0 cm³/mol. The molecule has 100 valence electrons. The number of hydrogen-bond donors (Lipinski definition) is 1. The van der Waals surface area contributed by atoms with Gasteiger partial charge in [-0.15, -0.1) is 0 Å². The molecular weight excluding hydrogens is 370 g/mol. The number of nitrogens with one attached hydrogen (secondary N) is 1. The molecule has 5 heteroatoms. The van der Waals surface area contributed by atoms with Gasteiger partial charge in [-0.25, -0.2) is 9.97 Å². The minimum absolute atomic E-state index is 0.293. The van der Waals surface area contributed by atoms with Crippen LogP contribution in [0.1, 0.15) is 31.2 Å². The SMILES string of the molecule is Cc1c(Br)cccc1Nc1cc(Br)nc(C(C)C)n1. The van der Waals surface area contributed by atoms with Crippen LogP contribution in [0.2, 0.25) is 0 Å². The summed E-state index contributed by atoms with van der Waals surface area (Å²) in [5, 5.41) is 3.34. The molecule has 2 rings (SSSR count). The van der Waals surface area contributed by atoms with Crippen LogP contribution < -0.4 is 5.32 Å². The van der Waals surface area contributed by atoms with E-state index in [1.54, 1.807) is 0 Å². The standard InChI is InChI=1S/C14H15Br2N3/c1-8(2)14-18-12(16)7-13(19-14)17-11-6-4-5-10(15)9(11)3/h4-8H,1-3H3,(H,17,18,19). The summed E-state index contributed by atoms with van der Waals surface area (Å²) in [6.07, 6.45) is 0. The number of anilines is 2. The largest absolute Gasteiger partial charge is 0.340 e. The van der Waals surface area contributed by atoms with E-state index in [4.69, 9.17) is 0 Å². The summed E-state index contributed by atoms with van der Waals surface area (Å²) in [5.41, 5.74) is 2.19. The van der Waals surface area contributed by atoms with Gasteiger partial charge in [-0.3, -0.25) is 0 Å². The van der Waals surface area contributed by atoms with Gasteiger partial charge in [0, 0.05) is 22.1 Å². The van der Waals surface area contributed by atoms with Gasteiger partial charge in [0.05, 0.1) is 0 Å². The van der Waals surface area contributed by atoms with E-state index in [2.05, 4.69) is 67.9 Å². The van der Waals surface area contributed by atoms with Crippen molar-refractivity contribution in [3.63, 3.8) is 0 Å². The van der Waals surface area contributed by atoms with Crippen molar-refractivity contribution in [2.75, 3.05) is 5.32 Å². The molecule has 19 heavy (non-hydrogen) atoms. The van der Waals surface area contributed by atoms with Crippen molar-refractivity contribution < 1.29 is 0 Å². The van der Waals surface area contributed by atoms with Crippen LogP contribution in [0.15, 0.2) is 33.3 Å². The zero-order valence-corrected chi connectivity index (χ0v) is 14.2. The maximum absolute atomic E-state index is 4.53. The molecule has 0 spiro atoms. The fourth-order valence-corrected chi connectivity index (χ4v) is 2.40. The molecule has 0 amide bonds. The van der Waals surface area contributed by atoms with Crippen molar-refractivity contribution in [1.82, 2.24) is 9.97 Å². The van der Waals surface area contributed by atoms with E-state index in [1.165, 1.54) is 0 Å². The summed E-state index contributed by atoms with van der Waals surface area (Å²) in [6.45, 7) is 6.22. The zero-order valence-electron chi connectivity index (χ0n) is 11.0. The molecule has 0 unspecified atom stereocenters. The number of hydrogen-bond acceptors (Lipinski definition) is 3. The molecule has 0 bridgehead atoms. The molecule has 3 nitrogen and oxygen atoms in total. The first-order chi connectivity index (χ1) is 8.97. The Labute approximate surface area is 130 Å². The van der Waals surface area contributed by atoms with Crippen LogP contribution in [0.25, 0.3) is 0 Å². The number of rotatable bonds is 3. The Balaban J connectivity index is 2.35.